The lowest BCUT2D eigenvalue weighted by atomic mass is 10.2. The highest BCUT2D eigenvalue weighted by atomic mass is 32.1. The smallest absolute Gasteiger partial charge is 0.389 e. The van der Waals surface area contributed by atoms with E-state index in [4.69, 9.17) is 5.73 Å². The molecule has 0 atom stereocenters. The first-order valence-electron chi connectivity index (χ1n) is 6.31. The van der Waals surface area contributed by atoms with Crippen molar-refractivity contribution in [2.24, 2.45) is 0 Å². The highest BCUT2D eigenvalue weighted by Crippen LogP contribution is 2.29. The third kappa shape index (κ3) is 5.68. The van der Waals surface area contributed by atoms with Crippen LogP contribution in [0.1, 0.15) is 35.9 Å². The molecular formula is C12H18F3N3OS. The first kappa shape index (κ1) is 16.6. The summed E-state index contributed by atoms with van der Waals surface area (Å²) in [5.74, 6) is -0.236. The maximum Gasteiger partial charge on any atom is 0.389 e. The zero-order valence-corrected chi connectivity index (χ0v) is 12.0. The number of amides is 1. The Bertz CT molecular complexity index is 446. The summed E-state index contributed by atoms with van der Waals surface area (Å²) in [5.41, 5.74) is 6.09. The molecule has 4 N–H and O–H groups in total. The van der Waals surface area contributed by atoms with Gasteiger partial charge in [-0.25, -0.2) is 0 Å². The van der Waals surface area contributed by atoms with Crippen molar-refractivity contribution >= 4 is 27.9 Å². The largest absolute Gasteiger partial charge is 0.397 e. The van der Waals surface area contributed by atoms with Gasteiger partial charge in [0.2, 0.25) is 0 Å². The summed E-state index contributed by atoms with van der Waals surface area (Å²) in [7, 11) is 0. The van der Waals surface area contributed by atoms with Crippen LogP contribution in [-0.2, 0) is 0 Å². The second-order valence-electron chi connectivity index (χ2n) is 4.25. The Kier molecular flexibility index (Phi) is 6.12. The Hall–Kier alpha value is -1.44. The van der Waals surface area contributed by atoms with Gasteiger partial charge < -0.3 is 16.4 Å². The second kappa shape index (κ2) is 7.37. The Labute approximate surface area is 119 Å². The molecule has 4 nitrogen and oxygen atoms in total. The number of rotatable bonds is 7. The van der Waals surface area contributed by atoms with Crippen LogP contribution in [0.3, 0.4) is 0 Å². The summed E-state index contributed by atoms with van der Waals surface area (Å²) in [6, 6.07) is 1.62. The quantitative estimate of drug-likeness (QED) is 0.677. The van der Waals surface area contributed by atoms with Gasteiger partial charge in [-0.2, -0.15) is 13.2 Å². The predicted octanol–water partition coefficient (Wildman–Crippen LogP) is 3.22. The molecule has 20 heavy (non-hydrogen) atoms. The van der Waals surface area contributed by atoms with Crippen molar-refractivity contribution in [3.63, 3.8) is 0 Å². The molecule has 0 saturated carbocycles. The standard InChI is InChI=1S/C12H18F3N3OS/c1-2-17-11(19)10-8(16)7-9(20-10)18-6-4-3-5-12(13,14)15/h7,18H,2-6,16H2,1H3,(H,17,19). The SMILES string of the molecule is CCNC(=O)c1sc(NCCCCC(F)(F)F)cc1N. The van der Waals surface area contributed by atoms with Crippen molar-refractivity contribution in [3.05, 3.63) is 10.9 Å². The Morgan fingerprint density at radius 1 is 1.40 bits per heavy atom. The predicted molar refractivity (Wildman–Crippen MR) is 75.1 cm³/mol. The van der Waals surface area contributed by atoms with Crippen LogP contribution in [0.15, 0.2) is 6.07 Å². The van der Waals surface area contributed by atoms with E-state index >= 15 is 0 Å². The summed E-state index contributed by atoms with van der Waals surface area (Å²) >= 11 is 1.20. The molecule has 0 aliphatic heterocycles. The van der Waals surface area contributed by atoms with Crippen molar-refractivity contribution in [1.29, 1.82) is 0 Å². The van der Waals surface area contributed by atoms with Crippen LogP contribution in [0.2, 0.25) is 0 Å². The van der Waals surface area contributed by atoms with Gasteiger partial charge in [-0.1, -0.05) is 0 Å². The molecule has 1 aromatic rings. The zero-order valence-electron chi connectivity index (χ0n) is 11.1. The van der Waals surface area contributed by atoms with Crippen molar-refractivity contribution in [2.75, 3.05) is 24.1 Å². The molecular weight excluding hydrogens is 291 g/mol. The molecule has 0 radical (unpaired) electrons. The number of thiophene rings is 1. The Morgan fingerprint density at radius 3 is 2.70 bits per heavy atom. The van der Waals surface area contributed by atoms with E-state index in [1.807, 2.05) is 6.92 Å². The number of hydrogen-bond donors (Lipinski definition) is 3. The summed E-state index contributed by atoms with van der Waals surface area (Å²) in [6.07, 6.45) is -4.38. The van der Waals surface area contributed by atoms with Crippen LogP contribution in [-0.4, -0.2) is 25.2 Å². The van der Waals surface area contributed by atoms with Gasteiger partial charge in [-0.05, 0) is 25.8 Å². The van der Waals surface area contributed by atoms with E-state index in [1.165, 1.54) is 11.3 Å². The summed E-state index contributed by atoms with van der Waals surface area (Å²) in [5, 5.41) is 6.32. The number of nitrogens with one attached hydrogen (secondary N) is 2. The molecule has 1 rings (SSSR count). The minimum absolute atomic E-state index is 0.0839. The van der Waals surface area contributed by atoms with Crippen LogP contribution in [0.5, 0.6) is 0 Å². The van der Waals surface area contributed by atoms with Crippen molar-refractivity contribution in [3.8, 4) is 0 Å². The van der Waals surface area contributed by atoms with Crippen LogP contribution in [0.25, 0.3) is 0 Å². The van der Waals surface area contributed by atoms with E-state index in [0.717, 1.165) is 0 Å². The molecule has 114 valence electrons. The molecule has 0 aliphatic rings. The second-order valence-corrected chi connectivity index (χ2v) is 5.31. The average Bonchev–Trinajstić information content (AvgIpc) is 2.69. The molecule has 0 aromatic carbocycles. The molecule has 0 bridgehead atoms. The fraction of sp³-hybridized carbons (Fsp3) is 0.583. The number of nitrogens with two attached hydrogens (primary N) is 1. The van der Waals surface area contributed by atoms with Crippen molar-refractivity contribution < 1.29 is 18.0 Å². The molecule has 0 aliphatic carbocycles. The number of alkyl halides is 3. The van der Waals surface area contributed by atoms with Crippen molar-refractivity contribution in [1.82, 2.24) is 5.32 Å². The summed E-state index contributed by atoms with van der Waals surface area (Å²) < 4.78 is 35.8. The zero-order chi connectivity index (χ0) is 15.2. The normalized spacial score (nSPS) is 11.4. The average molecular weight is 309 g/mol. The lowest BCUT2D eigenvalue weighted by molar-refractivity contribution is -0.135. The highest BCUT2D eigenvalue weighted by Gasteiger charge is 2.25. The maximum atomic E-state index is 11.9. The maximum absolute atomic E-state index is 11.9. The minimum Gasteiger partial charge on any atom is -0.397 e. The van der Waals surface area contributed by atoms with Crippen LogP contribution < -0.4 is 16.4 Å². The van der Waals surface area contributed by atoms with Gasteiger partial charge in [0.25, 0.3) is 5.91 Å². The molecule has 1 aromatic heterocycles. The number of halogens is 3. The van der Waals surface area contributed by atoms with Crippen LogP contribution in [0, 0.1) is 0 Å². The molecule has 0 spiro atoms. The molecule has 1 heterocycles. The number of carbonyl (C=O) groups excluding carboxylic acids is 1. The number of anilines is 2. The van der Waals surface area contributed by atoms with Gasteiger partial charge in [0.15, 0.2) is 0 Å². The van der Waals surface area contributed by atoms with Gasteiger partial charge in [0, 0.05) is 19.5 Å². The first-order valence-corrected chi connectivity index (χ1v) is 7.13. The number of nitrogen functional groups attached to an aromatic ring is 1. The van der Waals surface area contributed by atoms with Crippen LogP contribution >= 0.6 is 11.3 Å². The molecule has 8 heteroatoms. The lowest BCUT2D eigenvalue weighted by Gasteiger charge is -2.06. The lowest BCUT2D eigenvalue weighted by Crippen LogP contribution is -2.22. The third-order valence-electron chi connectivity index (χ3n) is 2.49. The van der Waals surface area contributed by atoms with Gasteiger partial charge in [0.1, 0.15) is 4.88 Å². The molecule has 0 saturated heterocycles. The molecule has 0 fully saturated rings. The first-order chi connectivity index (χ1) is 9.33. The Morgan fingerprint density at radius 2 is 2.10 bits per heavy atom. The highest BCUT2D eigenvalue weighted by molar-refractivity contribution is 7.18. The summed E-state index contributed by atoms with van der Waals surface area (Å²) in [4.78, 5) is 12.1. The fourth-order valence-corrected chi connectivity index (χ4v) is 2.49. The van der Waals surface area contributed by atoms with E-state index < -0.39 is 12.6 Å². The van der Waals surface area contributed by atoms with E-state index in [2.05, 4.69) is 10.6 Å². The van der Waals surface area contributed by atoms with Gasteiger partial charge in [-0.3, -0.25) is 4.79 Å². The number of unbranched alkanes of at least 4 members (excludes halogenated alkanes) is 1. The van der Waals surface area contributed by atoms with E-state index in [0.29, 0.717) is 35.1 Å². The summed E-state index contributed by atoms with van der Waals surface area (Å²) in [6.45, 7) is 2.74. The number of hydrogen-bond acceptors (Lipinski definition) is 4. The van der Waals surface area contributed by atoms with E-state index in [1.54, 1.807) is 6.07 Å². The van der Waals surface area contributed by atoms with Gasteiger partial charge >= 0.3 is 6.18 Å². The van der Waals surface area contributed by atoms with Gasteiger partial charge in [0.05, 0.1) is 10.7 Å². The fourth-order valence-electron chi connectivity index (χ4n) is 1.57. The van der Waals surface area contributed by atoms with Gasteiger partial charge in [-0.15, -0.1) is 11.3 Å². The van der Waals surface area contributed by atoms with E-state index in [-0.39, 0.29) is 12.3 Å². The van der Waals surface area contributed by atoms with Crippen LogP contribution in [0.4, 0.5) is 23.9 Å². The third-order valence-corrected chi connectivity index (χ3v) is 3.60. The Balaban J connectivity index is 2.38. The molecule has 1 amide bonds. The topological polar surface area (TPSA) is 67.2 Å². The monoisotopic (exact) mass is 309 g/mol. The molecule has 0 unspecified atom stereocenters. The van der Waals surface area contributed by atoms with Crippen molar-refractivity contribution in [2.45, 2.75) is 32.4 Å². The minimum atomic E-state index is -4.10. The van der Waals surface area contributed by atoms with E-state index in [9.17, 15) is 18.0 Å². The number of carbonyl (C=O) groups is 1.